The molecule has 34 heavy (non-hydrogen) atoms. The van der Waals surface area contributed by atoms with Gasteiger partial charge in [-0.05, 0) is 66.2 Å². The molecule has 3 aromatic rings. The summed E-state index contributed by atoms with van der Waals surface area (Å²) in [4.78, 5) is 31.7. The van der Waals surface area contributed by atoms with Crippen LogP contribution in [0, 0.1) is 5.82 Å². The van der Waals surface area contributed by atoms with E-state index in [9.17, 15) is 14.0 Å². The van der Waals surface area contributed by atoms with Crippen molar-refractivity contribution in [3.05, 3.63) is 92.9 Å². The van der Waals surface area contributed by atoms with Crippen molar-refractivity contribution in [1.29, 1.82) is 0 Å². The summed E-state index contributed by atoms with van der Waals surface area (Å²) in [5.41, 5.74) is 1.38. The van der Waals surface area contributed by atoms with Crippen LogP contribution in [0.4, 0.5) is 4.39 Å². The molecular formula is C27H28ClFN2O2S. The molecule has 1 aliphatic carbocycles. The maximum atomic E-state index is 13.6. The second-order valence-electron chi connectivity index (χ2n) is 8.69. The highest BCUT2D eigenvalue weighted by molar-refractivity contribution is 7.09. The standard InChI is InChI=1S/C27H28ClFN2O2S/c28-22-12-10-21(11-13-22)27(33)31(24-5-2-1-3-6-24)19-26(32)30(18-25-7-4-16-34-25)17-20-8-14-23(29)15-9-20/h4,7-16,24H,1-3,5-6,17-19H2. The predicted molar refractivity (Wildman–Crippen MR) is 134 cm³/mol. The van der Waals surface area contributed by atoms with Crippen molar-refractivity contribution in [2.75, 3.05) is 6.54 Å². The van der Waals surface area contributed by atoms with Crippen molar-refractivity contribution in [1.82, 2.24) is 9.80 Å². The van der Waals surface area contributed by atoms with Crippen LogP contribution < -0.4 is 0 Å². The Morgan fingerprint density at radius 2 is 1.65 bits per heavy atom. The number of hydrogen-bond acceptors (Lipinski definition) is 3. The Hall–Kier alpha value is -2.70. The van der Waals surface area contributed by atoms with Crippen LogP contribution in [0.2, 0.25) is 5.02 Å². The first-order valence-electron chi connectivity index (χ1n) is 11.6. The van der Waals surface area contributed by atoms with Crippen molar-refractivity contribution in [2.24, 2.45) is 0 Å². The van der Waals surface area contributed by atoms with E-state index >= 15 is 0 Å². The van der Waals surface area contributed by atoms with Gasteiger partial charge in [0.1, 0.15) is 12.4 Å². The van der Waals surface area contributed by atoms with Gasteiger partial charge >= 0.3 is 0 Å². The fourth-order valence-corrected chi connectivity index (χ4v) is 5.24. The van der Waals surface area contributed by atoms with E-state index in [0.717, 1.165) is 42.5 Å². The van der Waals surface area contributed by atoms with Gasteiger partial charge in [0.2, 0.25) is 5.91 Å². The topological polar surface area (TPSA) is 40.6 Å². The van der Waals surface area contributed by atoms with Gasteiger partial charge in [-0.1, -0.05) is 49.1 Å². The van der Waals surface area contributed by atoms with Gasteiger partial charge in [0, 0.05) is 28.0 Å². The second-order valence-corrected chi connectivity index (χ2v) is 10.2. The third-order valence-corrected chi connectivity index (χ3v) is 7.35. The van der Waals surface area contributed by atoms with E-state index in [1.165, 1.54) is 12.1 Å². The van der Waals surface area contributed by atoms with Crippen LogP contribution in [0.5, 0.6) is 0 Å². The maximum Gasteiger partial charge on any atom is 0.254 e. The molecule has 4 nitrogen and oxygen atoms in total. The molecule has 0 N–H and O–H groups in total. The molecule has 1 heterocycles. The number of carbonyl (C=O) groups is 2. The third-order valence-electron chi connectivity index (χ3n) is 6.24. The SMILES string of the molecule is O=C(CN(C(=O)c1ccc(Cl)cc1)C1CCCCC1)N(Cc1ccc(F)cc1)Cc1cccs1. The van der Waals surface area contributed by atoms with E-state index < -0.39 is 0 Å². The molecule has 7 heteroatoms. The molecule has 1 fully saturated rings. The summed E-state index contributed by atoms with van der Waals surface area (Å²) >= 11 is 7.60. The van der Waals surface area contributed by atoms with Gasteiger partial charge in [-0.25, -0.2) is 4.39 Å². The second kappa shape index (κ2) is 11.6. The molecule has 0 bridgehead atoms. The summed E-state index contributed by atoms with van der Waals surface area (Å²) in [6.07, 6.45) is 5.06. The van der Waals surface area contributed by atoms with Crippen molar-refractivity contribution < 1.29 is 14.0 Å². The molecule has 4 rings (SSSR count). The fourth-order valence-electron chi connectivity index (χ4n) is 4.40. The molecule has 1 aromatic heterocycles. The lowest BCUT2D eigenvalue weighted by atomic mass is 9.93. The maximum absolute atomic E-state index is 13.6. The number of nitrogens with zero attached hydrogens (tertiary/aromatic N) is 2. The van der Waals surface area contributed by atoms with Crippen molar-refractivity contribution in [3.8, 4) is 0 Å². The summed E-state index contributed by atoms with van der Waals surface area (Å²) in [5, 5.41) is 2.55. The van der Waals surface area contributed by atoms with Crippen LogP contribution >= 0.6 is 22.9 Å². The first-order valence-corrected chi connectivity index (χ1v) is 12.9. The lowest BCUT2D eigenvalue weighted by molar-refractivity contribution is -0.133. The first kappa shape index (κ1) is 24.4. The average Bonchev–Trinajstić information content (AvgIpc) is 3.37. The van der Waals surface area contributed by atoms with E-state index in [-0.39, 0.29) is 30.2 Å². The molecule has 1 saturated carbocycles. The van der Waals surface area contributed by atoms with E-state index in [2.05, 4.69) is 0 Å². The molecule has 0 spiro atoms. The molecule has 1 aliphatic rings. The summed E-state index contributed by atoms with van der Waals surface area (Å²) in [7, 11) is 0. The zero-order valence-electron chi connectivity index (χ0n) is 19.0. The zero-order chi connectivity index (χ0) is 23.9. The fraction of sp³-hybridized carbons (Fsp3) is 0.333. The smallest absolute Gasteiger partial charge is 0.254 e. The highest BCUT2D eigenvalue weighted by atomic mass is 35.5. The van der Waals surface area contributed by atoms with E-state index in [1.54, 1.807) is 57.5 Å². The Labute approximate surface area is 209 Å². The molecular weight excluding hydrogens is 471 g/mol. The van der Waals surface area contributed by atoms with Crippen LogP contribution in [0.1, 0.15) is 52.9 Å². The van der Waals surface area contributed by atoms with Gasteiger partial charge in [-0.2, -0.15) is 0 Å². The Morgan fingerprint density at radius 1 is 0.941 bits per heavy atom. The monoisotopic (exact) mass is 498 g/mol. The first-order chi connectivity index (χ1) is 16.5. The zero-order valence-corrected chi connectivity index (χ0v) is 20.5. The van der Waals surface area contributed by atoms with Crippen LogP contribution in [0.15, 0.2) is 66.0 Å². The molecule has 0 saturated heterocycles. The minimum atomic E-state index is -0.308. The Morgan fingerprint density at radius 3 is 2.29 bits per heavy atom. The van der Waals surface area contributed by atoms with Crippen LogP contribution in [0.3, 0.4) is 0 Å². The van der Waals surface area contributed by atoms with Gasteiger partial charge in [0.25, 0.3) is 5.91 Å². The number of hydrogen-bond donors (Lipinski definition) is 0. The van der Waals surface area contributed by atoms with Crippen molar-refractivity contribution >= 4 is 34.8 Å². The number of carbonyl (C=O) groups excluding carboxylic acids is 2. The summed E-state index contributed by atoms with van der Waals surface area (Å²) in [6.45, 7) is 0.810. The highest BCUT2D eigenvalue weighted by Gasteiger charge is 2.30. The van der Waals surface area contributed by atoms with Crippen molar-refractivity contribution in [2.45, 2.75) is 51.2 Å². The Bertz CT molecular complexity index is 1080. The van der Waals surface area contributed by atoms with Crippen LogP contribution in [-0.2, 0) is 17.9 Å². The number of thiophene rings is 1. The Balaban J connectivity index is 1.57. The van der Waals surface area contributed by atoms with Crippen LogP contribution in [0.25, 0.3) is 0 Å². The van der Waals surface area contributed by atoms with E-state index in [0.29, 0.717) is 23.7 Å². The lowest BCUT2D eigenvalue weighted by Gasteiger charge is -2.35. The van der Waals surface area contributed by atoms with Gasteiger partial charge in [0.15, 0.2) is 0 Å². The van der Waals surface area contributed by atoms with Gasteiger partial charge in [-0.3, -0.25) is 9.59 Å². The molecule has 0 unspecified atom stereocenters. The van der Waals surface area contributed by atoms with E-state index in [1.807, 2.05) is 17.5 Å². The summed E-state index contributed by atoms with van der Waals surface area (Å²) in [5.74, 6) is -0.572. The quantitative estimate of drug-likeness (QED) is 0.353. The molecule has 2 amide bonds. The highest BCUT2D eigenvalue weighted by Crippen LogP contribution is 2.25. The number of halogens is 2. The summed E-state index contributed by atoms with van der Waals surface area (Å²) < 4.78 is 13.4. The minimum absolute atomic E-state index is 0.0126. The van der Waals surface area contributed by atoms with Gasteiger partial charge in [0.05, 0.1) is 6.54 Å². The number of rotatable bonds is 8. The van der Waals surface area contributed by atoms with Gasteiger partial charge < -0.3 is 9.80 Å². The predicted octanol–water partition coefficient (Wildman–Crippen LogP) is 6.54. The largest absolute Gasteiger partial charge is 0.332 e. The Kier molecular flexibility index (Phi) is 8.35. The lowest BCUT2D eigenvalue weighted by Crippen LogP contribution is -2.48. The minimum Gasteiger partial charge on any atom is -0.332 e. The molecule has 0 radical (unpaired) electrons. The van der Waals surface area contributed by atoms with Crippen molar-refractivity contribution in [3.63, 3.8) is 0 Å². The normalized spacial score (nSPS) is 14.1. The van der Waals surface area contributed by atoms with Gasteiger partial charge in [-0.15, -0.1) is 11.3 Å². The molecule has 0 aliphatic heterocycles. The molecule has 178 valence electrons. The molecule has 0 atom stereocenters. The van der Waals surface area contributed by atoms with Crippen LogP contribution in [-0.4, -0.2) is 34.2 Å². The number of benzene rings is 2. The summed E-state index contributed by atoms with van der Waals surface area (Å²) in [6, 6.07) is 17.0. The third kappa shape index (κ3) is 6.45. The molecule has 2 aromatic carbocycles. The average molecular weight is 499 g/mol. The number of amides is 2. The van der Waals surface area contributed by atoms with E-state index in [4.69, 9.17) is 11.6 Å².